The molecule has 0 aliphatic heterocycles. The van der Waals surface area contributed by atoms with E-state index in [4.69, 9.17) is 5.73 Å². The maximum Gasteiger partial charge on any atom is 0.155 e. The lowest BCUT2D eigenvalue weighted by Gasteiger charge is -2.31. The van der Waals surface area contributed by atoms with Crippen molar-refractivity contribution in [2.75, 3.05) is 6.54 Å². The Morgan fingerprint density at radius 2 is 1.69 bits per heavy atom. The van der Waals surface area contributed by atoms with Crippen LogP contribution in [0.15, 0.2) is 0 Å². The van der Waals surface area contributed by atoms with E-state index in [0.717, 1.165) is 12.8 Å². The van der Waals surface area contributed by atoms with Crippen LogP contribution < -0.4 is 11.1 Å². The second kappa shape index (κ2) is 5.78. The first-order valence-corrected chi connectivity index (χ1v) is 6.10. The van der Waals surface area contributed by atoms with E-state index >= 15 is 0 Å². The van der Waals surface area contributed by atoms with E-state index in [1.807, 2.05) is 20.8 Å². The Bertz CT molecular complexity index is 223. The fraction of sp³-hybridized carbons (Fsp3) is 0.923. The number of nitrogens with one attached hydrogen (secondary N) is 1. The van der Waals surface area contributed by atoms with Gasteiger partial charge in [-0.1, -0.05) is 20.8 Å². The van der Waals surface area contributed by atoms with Gasteiger partial charge in [0.2, 0.25) is 0 Å². The smallest absolute Gasteiger partial charge is 0.155 e. The van der Waals surface area contributed by atoms with Crippen molar-refractivity contribution < 1.29 is 4.79 Å². The van der Waals surface area contributed by atoms with E-state index in [0.29, 0.717) is 6.54 Å². The predicted molar refractivity (Wildman–Crippen MR) is 69.4 cm³/mol. The third-order valence-corrected chi connectivity index (χ3v) is 2.36. The molecule has 0 rings (SSSR count). The van der Waals surface area contributed by atoms with E-state index in [2.05, 4.69) is 26.1 Å². The Hall–Kier alpha value is -0.410. The van der Waals surface area contributed by atoms with Crippen LogP contribution in [0.3, 0.4) is 0 Å². The van der Waals surface area contributed by atoms with Crippen molar-refractivity contribution in [1.29, 1.82) is 0 Å². The molecule has 0 aromatic carbocycles. The summed E-state index contributed by atoms with van der Waals surface area (Å²) >= 11 is 0. The van der Waals surface area contributed by atoms with Gasteiger partial charge in [0, 0.05) is 11.0 Å². The predicted octanol–water partition coefficient (Wildman–Crippen LogP) is 2.10. The number of Topliss-reactive ketones (excluding diaryl/α,β-unsaturated/α-hetero) is 1. The minimum atomic E-state index is -0.294. The number of rotatable bonds is 5. The van der Waals surface area contributed by atoms with E-state index in [-0.39, 0.29) is 22.8 Å². The summed E-state index contributed by atoms with van der Waals surface area (Å²) in [5.41, 5.74) is 5.18. The zero-order chi connectivity index (χ0) is 13.0. The van der Waals surface area contributed by atoms with E-state index in [1.165, 1.54) is 0 Å². The third-order valence-electron chi connectivity index (χ3n) is 2.36. The molecule has 0 fully saturated rings. The molecule has 0 spiro atoms. The van der Waals surface area contributed by atoms with Crippen molar-refractivity contribution in [3.8, 4) is 0 Å². The highest BCUT2D eigenvalue weighted by molar-refractivity contribution is 5.88. The Labute approximate surface area is 100 Å². The fourth-order valence-electron chi connectivity index (χ4n) is 1.64. The molecule has 3 nitrogen and oxygen atoms in total. The first-order valence-electron chi connectivity index (χ1n) is 6.10. The molecule has 0 aromatic rings. The first-order chi connectivity index (χ1) is 7.08. The van der Waals surface area contributed by atoms with Crippen LogP contribution in [0.25, 0.3) is 0 Å². The molecule has 0 aliphatic carbocycles. The monoisotopic (exact) mass is 228 g/mol. The van der Waals surface area contributed by atoms with Crippen LogP contribution in [0.2, 0.25) is 0 Å². The summed E-state index contributed by atoms with van der Waals surface area (Å²) in [6, 6.07) is -0.0800. The van der Waals surface area contributed by atoms with Crippen LogP contribution >= 0.6 is 0 Å². The van der Waals surface area contributed by atoms with Crippen molar-refractivity contribution in [3.05, 3.63) is 0 Å². The molecule has 96 valence electrons. The fourth-order valence-corrected chi connectivity index (χ4v) is 1.64. The lowest BCUT2D eigenvalue weighted by molar-refractivity contribution is -0.129. The van der Waals surface area contributed by atoms with E-state index in [1.54, 1.807) is 0 Å². The zero-order valence-corrected chi connectivity index (χ0v) is 11.7. The SMILES string of the molecule is CC(C)(C)N[C@@H](CCCN)C(=O)C(C)(C)C. The van der Waals surface area contributed by atoms with Gasteiger partial charge in [-0.2, -0.15) is 0 Å². The highest BCUT2D eigenvalue weighted by atomic mass is 16.1. The summed E-state index contributed by atoms with van der Waals surface area (Å²) < 4.78 is 0. The molecule has 1 atom stereocenters. The molecule has 0 heterocycles. The molecule has 16 heavy (non-hydrogen) atoms. The Balaban J connectivity index is 4.61. The lowest BCUT2D eigenvalue weighted by Crippen LogP contribution is -2.50. The zero-order valence-electron chi connectivity index (χ0n) is 11.7. The summed E-state index contributed by atoms with van der Waals surface area (Å²) in [5.74, 6) is 0.274. The molecule has 0 saturated heterocycles. The molecule has 3 heteroatoms. The van der Waals surface area contributed by atoms with Crippen LogP contribution in [-0.2, 0) is 4.79 Å². The molecular weight excluding hydrogens is 200 g/mol. The molecule has 0 radical (unpaired) electrons. The second-order valence-electron chi connectivity index (χ2n) is 6.49. The standard InChI is InChI=1S/C13H28N2O/c1-12(2,3)11(16)10(8-7-9-14)15-13(4,5)6/h10,15H,7-9,14H2,1-6H3/t10-/m0/s1. The van der Waals surface area contributed by atoms with Gasteiger partial charge in [0.15, 0.2) is 5.78 Å². The van der Waals surface area contributed by atoms with Gasteiger partial charge in [0.25, 0.3) is 0 Å². The van der Waals surface area contributed by atoms with Crippen molar-refractivity contribution in [2.45, 2.75) is 66.0 Å². The van der Waals surface area contributed by atoms with Crippen molar-refractivity contribution in [1.82, 2.24) is 5.32 Å². The van der Waals surface area contributed by atoms with Crippen LogP contribution in [0, 0.1) is 5.41 Å². The van der Waals surface area contributed by atoms with Crippen LogP contribution in [-0.4, -0.2) is 23.9 Å². The van der Waals surface area contributed by atoms with E-state index < -0.39 is 0 Å². The van der Waals surface area contributed by atoms with Gasteiger partial charge in [0.1, 0.15) is 0 Å². The van der Waals surface area contributed by atoms with Crippen molar-refractivity contribution >= 4 is 5.78 Å². The van der Waals surface area contributed by atoms with E-state index in [9.17, 15) is 4.79 Å². The maximum atomic E-state index is 12.2. The number of carbonyl (C=O) groups is 1. The highest BCUT2D eigenvalue weighted by Crippen LogP contribution is 2.20. The molecule has 0 bridgehead atoms. The Kier molecular flexibility index (Phi) is 5.63. The van der Waals surface area contributed by atoms with Gasteiger partial charge in [0.05, 0.1) is 6.04 Å². The normalized spacial score (nSPS) is 14.9. The summed E-state index contributed by atoms with van der Waals surface area (Å²) in [7, 11) is 0. The molecule has 0 amide bonds. The number of carbonyl (C=O) groups excluding carboxylic acids is 1. The van der Waals surface area contributed by atoms with Crippen LogP contribution in [0.4, 0.5) is 0 Å². The minimum absolute atomic E-state index is 0.0415. The van der Waals surface area contributed by atoms with Crippen molar-refractivity contribution in [3.63, 3.8) is 0 Å². The summed E-state index contributed by atoms with van der Waals surface area (Å²) in [6.45, 7) is 12.8. The summed E-state index contributed by atoms with van der Waals surface area (Å²) in [4.78, 5) is 12.2. The molecule has 3 N–H and O–H groups in total. The Morgan fingerprint density at radius 3 is 2.00 bits per heavy atom. The average molecular weight is 228 g/mol. The number of ketones is 1. The largest absolute Gasteiger partial charge is 0.330 e. The highest BCUT2D eigenvalue weighted by Gasteiger charge is 2.31. The van der Waals surface area contributed by atoms with Gasteiger partial charge in [-0.05, 0) is 40.2 Å². The lowest BCUT2D eigenvalue weighted by atomic mass is 9.84. The number of hydrogen-bond donors (Lipinski definition) is 2. The third kappa shape index (κ3) is 6.23. The topological polar surface area (TPSA) is 55.1 Å². The minimum Gasteiger partial charge on any atom is -0.330 e. The van der Waals surface area contributed by atoms with Crippen LogP contribution in [0.5, 0.6) is 0 Å². The van der Waals surface area contributed by atoms with Gasteiger partial charge in [-0.3, -0.25) is 4.79 Å². The quantitative estimate of drug-likeness (QED) is 0.757. The molecule has 0 saturated carbocycles. The van der Waals surface area contributed by atoms with Crippen molar-refractivity contribution in [2.24, 2.45) is 11.1 Å². The molecular formula is C13H28N2O. The second-order valence-corrected chi connectivity index (χ2v) is 6.49. The van der Waals surface area contributed by atoms with Gasteiger partial charge < -0.3 is 11.1 Å². The number of nitrogens with two attached hydrogens (primary N) is 1. The molecule has 0 unspecified atom stereocenters. The summed E-state index contributed by atoms with van der Waals surface area (Å²) in [6.07, 6.45) is 1.71. The first kappa shape index (κ1) is 15.6. The van der Waals surface area contributed by atoms with Crippen LogP contribution in [0.1, 0.15) is 54.4 Å². The molecule has 0 aliphatic rings. The average Bonchev–Trinajstić information content (AvgIpc) is 2.07. The van der Waals surface area contributed by atoms with Gasteiger partial charge in [-0.15, -0.1) is 0 Å². The summed E-state index contributed by atoms with van der Waals surface area (Å²) in [5, 5.41) is 3.39. The van der Waals surface area contributed by atoms with Gasteiger partial charge in [-0.25, -0.2) is 0 Å². The van der Waals surface area contributed by atoms with Gasteiger partial charge >= 0.3 is 0 Å². The Morgan fingerprint density at radius 1 is 1.19 bits per heavy atom. The molecule has 0 aromatic heterocycles. The number of hydrogen-bond acceptors (Lipinski definition) is 3. The maximum absolute atomic E-state index is 12.2.